The topological polar surface area (TPSA) is 42.0 Å². The monoisotopic (exact) mass is 462 g/mol. The Hall–Kier alpha value is -3.68. The van der Waals surface area contributed by atoms with Gasteiger partial charge in [0.15, 0.2) is 7.14 Å². The van der Waals surface area contributed by atoms with Crippen LogP contribution in [0.2, 0.25) is 0 Å². The third-order valence-corrected chi connectivity index (χ3v) is 9.28. The van der Waals surface area contributed by atoms with Gasteiger partial charge in [0.1, 0.15) is 0 Å². The second kappa shape index (κ2) is 9.29. The maximum atomic E-state index is 15.5. The van der Waals surface area contributed by atoms with Crippen LogP contribution in [0.3, 0.4) is 0 Å². The Balaban J connectivity index is 1.92. The van der Waals surface area contributed by atoms with Crippen LogP contribution >= 0.6 is 7.14 Å². The third kappa shape index (κ3) is 3.93. The zero-order valence-corrected chi connectivity index (χ0v) is 20.3. The zero-order valence-electron chi connectivity index (χ0n) is 19.4. The van der Waals surface area contributed by atoms with Gasteiger partial charge >= 0.3 is 0 Å². The first kappa shape index (κ1) is 22.1. The number of nitrogens with one attached hydrogen (secondary N) is 1. The molecule has 0 atom stereocenters. The first-order valence-electron chi connectivity index (χ1n) is 11.6. The number of anilines is 2. The van der Waals surface area contributed by atoms with Crippen molar-refractivity contribution in [1.29, 1.82) is 0 Å². The summed E-state index contributed by atoms with van der Waals surface area (Å²) in [5.74, 6) is 0. The molecule has 0 unspecified atom stereocenters. The molecule has 0 aliphatic carbocycles. The Morgan fingerprint density at radius 2 is 1.32 bits per heavy atom. The summed E-state index contributed by atoms with van der Waals surface area (Å²) in [6.07, 6.45) is 0.673. The van der Waals surface area contributed by atoms with Gasteiger partial charge in [0.05, 0.1) is 22.2 Å². The highest BCUT2D eigenvalue weighted by Gasteiger charge is 2.35. The lowest BCUT2D eigenvalue weighted by Gasteiger charge is -2.26. The molecule has 0 saturated heterocycles. The molecule has 1 aromatic heterocycles. The van der Waals surface area contributed by atoms with E-state index in [2.05, 4.69) is 37.4 Å². The molecule has 0 bridgehead atoms. The molecule has 34 heavy (non-hydrogen) atoms. The number of pyridine rings is 1. The summed E-state index contributed by atoms with van der Waals surface area (Å²) in [6, 6.07) is 36.0. The van der Waals surface area contributed by atoms with Crippen molar-refractivity contribution in [2.75, 3.05) is 5.32 Å². The average Bonchev–Trinajstić information content (AvgIpc) is 2.90. The van der Waals surface area contributed by atoms with Gasteiger partial charge in [0, 0.05) is 21.7 Å². The van der Waals surface area contributed by atoms with Crippen molar-refractivity contribution in [3.8, 4) is 0 Å². The van der Waals surface area contributed by atoms with E-state index < -0.39 is 7.14 Å². The second-order valence-electron chi connectivity index (χ2n) is 8.43. The maximum absolute atomic E-state index is 15.5. The van der Waals surface area contributed by atoms with E-state index in [9.17, 15) is 0 Å². The lowest BCUT2D eigenvalue weighted by Crippen LogP contribution is -2.30. The number of nitrogens with zero attached hydrogens (tertiary/aromatic N) is 1. The van der Waals surface area contributed by atoms with Crippen LogP contribution in [-0.2, 0) is 11.0 Å². The summed E-state index contributed by atoms with van der Waals surface area (Å²) in [5.41, 5.74) is 4.71. The van der Waals surface area contributed by atoms with Gasteiger partial charge in [-0.25, -0.2) is 0 Å². The molecule has 0 amide bonds. The number of hydrogen-bond acceptors (Lipinski definition) is 3. The van der Waals surface area contributed by atoms with Gasteiger partial charge in [-0.2, -0.15) is 0 Å². The van der Waals surface area contributed by atoms with Crippen molar-refractivity contribution in [2.24, 2.45) is 0 Å². The predicted octanol–water partition coefficient (Wildman–Crippen LogP) is 6.49. The first-order valence-corrected chi connectivity index (χ1v) is 13.3. The van der Waals surface area contributed by atoms with Crippen LogP contribution in [0.1, 0.15) is 18.2 Å². The Bertz CT molecular complexity index is 1440. The summed E-state index contributed by atoms with van der Waals surface area (Å²) in [4.78, 5) is 5.04. The molecule has 5 aromatic rings. The normalized spacial score (nSPS) is 11.5. The van der Waals surface area contributed by atoms with Crippen LogP contribution in [-0.4, -0.2) is 4.98 Å². The molecule has 0 aliphatic rings. The number of aryl methyl sites for hydroxylation is 2. The number of benzene rings is 4. The smallest absolute Gasteiger partial charge is 0.174 e. The van der Waals surface area contributed by atoms with Crippen molar-refractivity contribution in [3.63, 3.8) is 0 Å². The molecule has 0 saturated carbocycles. The second-order valence-corrected chi connectivity index (χ2v) is 11.1. The van der Waals surface area contributed by atoms with Crippen LogP contribution in [0.5, 0.6) is 0 Å². The highest BCUT2D eigenvalue weighted by atomic mass is 31.2. The van der Waals surface area contributed by atoms with Crippen molar-refractivity contribution in [3.05, 3.63) is 120 Å². The highest BCUT2D eigenvalue weighted by molar-refractivity contribution is 7.85. The molecule has 4 aromatic carbocycles. The van der Waals surface area contributed by atoms with Crippen LogP contribution in [0.15, 0.2) is 109 Å². The molecule has 0 fully saturated rings. The lowest BCUT2D eigenvalue weighted by atomic mass is 10.1. The standard InChI is InChI=1S/C30H27N2OP/c1-3-27-30(34(33,24-15-9-5-10-16-24)25-17-11-6-12-18-25)29(31-23-13-7-4-8-14-23)26-21-22(2)19-20-28(26)32-27/h4-21H,3H2,1-2H3,(H,31,32). The van der Waals surface area contributed by atoms with Gasteiger partial charge < -0.3 is 9.88 Å². The van der Waals surface area contributed by atoms with Crippen LogP contribution in [0.4, 0.5) is 11.4 Å². The summed E-state index contributed by atoms with van der Waals surface area (Å²) in [7, 11) is -3.25. The molecule has 0 aliphatic heterocycles. The lowest BCUT2D eigenvalue weighted by molar-refractivity contribution is 0.592. The van der Waals surface area contributed by atoms with Crippen molar-refractivity contribution in [2.45, 2.75) is 20.3 Å². The summed E-state index contributed by atoms with van der Waals surface area (Å²) in [5, 5.41) is 7.02. The minimum atomic E-state index is -3.25. The number of fused-ring (bicyclic) bond motifs is 1. The van der Waals surface area contributed by atoms with E-state index in [1.807, 2.05) is 91.0 Å². The van der Waals surface area contributed by atoms with Gasteiger partial charge in [-0.1, -0.05) is 97.4 Å². The molecule has 168 valence electrons. The third-order valence-electron chi connectivity index (χ3n) is 6.12. The van der Waals surface area contributed by atoms with Crippen LogP contribution in [0, 0.1) is 6.92 Å². The number of aromatic nitrogens is 1. The largest absolute Gasteiger partial charge is 0.354 e. The average molecular weight is 463 g/mol. The van der Waals surface area contributed by atoms with E-state index >= 15 is 4.57 Å². The fourth-order valence-corrected chi connectivity index (χ4v) is 7.54. The molecule has 0 radical (unpaired) electrons. The molecule has 1 N–H and O–H groups in total. The van der Waals surface area contributed by atoms with E-state index in [4.69, 9.17) is 4.98 Å². The molecule has 0 spiro atoms. The van der Waals surface area contributed by atoms with Crippen molar-refractivity contribution >= 4 is 45.3 Å². The SMILES string of the molecule is CCc1nc2ccc(C)cc2c(Nc2ccccc2)c1P(=O)(c1ccccc1)c1ccccc1. The highest BCUT2D eigenvalue weighted by Crippen LogP contribution is 2.47. The quantitative estimate of drug-likeness (QED) is 0.293. The predicted molar refractivity (Wildman–Crippen MR) is 145 cm³/mol. The molecule has 1 heterocycles. The van der Waals surface area contributed by atoms with Gasteiger partial charge in [-0.15, -0.1) is 0 Å². The first-order chi connectivity index (χ1) is 16.6. The van der Waals surface area contributed by atoms with Gasteiger partial charge in [0.2, 0.25) is 0 Å². The molecule has 3 nitrogen and oxygen atoms in total. The zero-order chi connectivity index (χ0) is 23.5. The Morgan fingerprint density at radius 3 is 1.88 bits per heavy atom. The molecular weight excluding hydrogens is 435 g/mol. The Kier molecular flexibility index (Phi) is 6.04. The van der Waals surface area contributed by atoms with E-state index in [1.165, 1.54) is 0 Å². The van der Waals surface area contributed by atoms with E-state index in [1.54, 1.807) is 0 Å². The molecule has 5 rings (SSSR count). The minimum Gasteiger partial charge on any atom is -0.354 e. The Labute approximate surface area is 200 Å². The fourth-order valence-electron chi connectivity index (χ4n) is 4.48. The van der Waals surface area contributed by atoms with Crippen molar-refractivity contribution < 1.29 is 4.57 Å². The molecular formula is C30H27N2OP. The minimum absolute atomic E-state index is 0.673. The fraction of sp³-hybridized carbons (Fsp3) is 0.100. The Morgan fingerprint density at radius 1 is 0.765 bits per heavy atom. The summed E-state index contributed by atoms with van der Waals surface area (Å²) in [6.45, 7) is 4.16. The summed E-state index contributed by atoms with van der Waals surface area (Å²) < 4.78 is 15.5. The number of rotatable bonds is 6. The number of para-hydroxylation sites is 1. The summed E-state index contributed by atoms with van der Waals surface area (Å²) >= 11 is 0. The van der Waals surface area contributed by atoms with Crippen LogP contribution < -0.4 is 21.2 Å². The van der Waals surface area contributed by atoms with E-state index in [0.717, 1.165) is 49.4 Å². The van der Waals surface area contributed by atoms with Crippen LogP contribution in [0.25, 0.3) is 10.9 Å². The molecule has 4 heteroatoms. The van der Waals surface area contributed by atoms with E-state index in [-0.39, 0.29) is 0 Å². The van der Waals surface area contributed by atoms with Gasteiger partial charge in [0.25, 0.3) is 0 Å². The van der Waals surface area contributed by atoms with Gasteiger partial charge in [-0.3, -0.25) is 4.98 Å². The van der Waals surface area contributed by atoms with Crippen molar-refractivity contribution in [1.82, 2.24) is 4.98 Å². The number of hydrogen-bond donors (Lipinski definition) is 1. The maximum Gasteiger partial charge on any atom is 0.174 e. The van der Waals surface area contributed by atoms with E-state index in [0.29, 0.717) is 6.42 Å². The van der Waals surface area contributed by atoms with Gasteiger partial charge in [-0.05, 0) is 37.6 Å².